The molecule has 0 aromatic rings. The van der Waals surface area contributed by atoms with Crippen molar-refractivity contribution >= 4 is 11.8 Å². The van der Waals surface area contributed by atoms with Gasteiger partial charge in [-0.15, -0.1) is 0 Å². The molecule has 0 aliphatic carbocycles. The van der Waals surface area contributed by atoms with Crippen molar-refractivity contribution in [3.63, 3.8) is 0 Å². The van der Waals surface area contributed by atoms with Crippen LogP contribution < -0.4 is 27.0 Å². The van der Waals surface area contributed by atoms with E-state index in [-0.39, 0.29) is 0 Å². The fourth-order valence-electron chi connectivity index (χ4n) is 3.48. The second kappa shape index (κ2) is 22.3. The highest BCUT2D eigenvalue weighted by Gasteiger charge is 2.18. The predicted molar refractivity (Wildman–Crippen MR) is 137 cm³/mol. The summed E-state index contributed by atoms with van der Waals surface area (Å²) in [5, 5.41) is 44.0. The van der Waals surface area contributed by atoms with Gasteiger partial charge >= 0.3 is 0 Å². The molecule has 0 saturated heterocycles. The van der Waals surface area contributed by atoms with E-state index < -0.39 is 18.3 Å². The molecule has 0 aromatic carbocycles. The Morgan fingerprint density at radius 3 is 1.88 bits per heavy atom. The van der Waals surface area contributed by atoms with Crippen LogP contribution in [-0.2, 0) is 0 Å². The van der Waals surface area contributed by atoms with E-state index in [0.717, 1.165) is 32.7 Å². The molecule has 0 fully saturated rings. The normalized spacial score (nSPS) is 15.0. The van der Waals surface area contributed by atoms with Crippen molar-refractivity contribution in [2.75, 3.05) is 112 Å². The van der Waals surface area contributed by atoms with E-state index in [1.807, 2.05) is 14.0 Å². The number of hydrogen-bond donors (Lipinski definition) is 8. The molecular formula is C21H51ClN8O3. The van der Waals surface area contributed by atoms with Crippen LogP contribution in [0, 0.1) is 0 Å². The fraction of sp³-hybridized carbons (Fsp3) is 1.00. The van der Waals surface area contributed by atoms with Crippen LogP contribution in [0.1, 0.15) is 6.92 Å². The molecule has 0 heterocycles. The van der Waals surface area contributed by atoms with Crippen molar-refractivity contribution in [2.24, 2.45) is 5.73 Å². The third-order valence-electron chi connectivity index (χ3n) is 5.09. The summed E-state index contributed by atoms with van der Waals surface area (Å²) in [6, 6.07) is 0. The zero-order valence-electron chi connectivity index (χ0n) is 21.0. The monoisotopic (exact) mass is 498 g/mol. The van der Waals surface area contributed by atoms with E-state index in [2.05, 4.69) is 31.1 Å². The Morgan fingerprint density at radius 1 is 0.758 bits per heavy atom. The lowest BCUT2D eigenvalue weighted by Gasteiger charge is -2.31. The van der Waals surface area contributed by atoms with Crippen molar-refractivity contribution in [1.29, 1.82) is 0 Å². The summed E-state index contributed by atoms with van der Waals surface area (Å²) in [7, 11) is 3.63. The third kappa shape index (κ3) is 20.9. The minimum Gasteiger partial charge on any atom is -0.390 e. The topological polar surface area (TPSA) is 145 Å². The summed E-state index contributed by atoms with van der Waals surface area (Å²) in [5.74, 6) is 0. The van der Waals surface area contributed by atoms with Gasteiger partial charge in [-0.1, -0.05) is 6.92 Å². The minimum atomic E-state index is -0.580. The van der Waals surface area contributed by atoms with Gasteiger partial charge in [-0.2, -0.15) is 0 Å². The molecule has 0 aliphatic rings. The second-order valence-corrected chi connectivity index (χ2v) is 9.04. The van der Waals surface area contributed by atoms with Gasteiger partial charge in [0.15, 0.2) is 0 Å². The maximum absolute atomic E-state index is 10.5. The van der Waals surface area contributed by atoms with Crippen LogP contribution >= 0.6 is 11.8 Å². The smallest absolute Gasteiger partial charge is 0.0806 e. The summed E-state index contributed by atoms with van der Waals surface area (Å²) in [5.41, 5.74) is 5.76. The van der Waals surface area contributed by atoms with Gasteiger partial charge in [-0.05, 0) is 25.4 Å². The number of nitrogens with two attached hydrogens (primary N) is 1. The van der Waals surface area contributed by atoms with Crippen molar-refractivity contribution < 1.29 is 15.3 Å². The maximum atomic E-state index is 10.5. The molecule has 0 rings (SSSR count). The van der Waals surface area contributed by atoms with Gasteiger partial charge in [-0.3, -0.25) is 9.80 Å². The van der Waals surface area contributed by atoms with Crippen LogP contribution in [0.2, 0.25) is 0 Å². The van der Waals surface area contributed by atoms with Crippen molar-refractivity contribution in [1.82, 2.24) is 35.5 Å². The summed E-state index contributed by atoms with van der Waals surface area (Å²) >= 11 is 5.85. The van der Waals surface area contributed by atoms with Gasteiger partial charge in [-0.25, -0.2) is 4.42 Å². The molecular weight excluding hydrogens is 448 g/mol. The summed E-state index contributed by atoms with van der Waals surface area (Å²) in [6.45, 7) is 11.4. The SMILES string of the molecule is CCNCC(O)CN(CCN(CCN)CC(O)CN(C)Cl)CC(O)CNCCNCCNC. The Morgan fingerprint density at radius 2 is 1.30 bits per heavy atom. The van der Waals surface area contributed by atoms with Gasteiger partial charge in [0.2, 0.25) is 0 Å². The first kappa shape index (κ1) is 32.8. The lowest BCUT2D eigenvalue weighted by Crippen LogP contribution is -2.48. The van der Waals surface area contributed by atoms with Crippen LogP contribution in [0.4, 0.5) is 0 Å². The molecule has 0 aromatic heterocycles. The number of aliphatic hydroxyl groups is 3. The Hall–Kier alpha value is -0.150. The molecule has 33 heavy (non-hydrogen) atoms. The number of aliphatic hydroxyl groups excluding tert-OH is 3. The summed E-state index contributed by atoms with van der Waals surface area (Å²) in [4.78, 5) is 4.17. The molecule has 0 saturated carbocycles. The van der Waals surface area contributed by atoms with Crippen LogP contribution in [0.25, 0.3) is 0 Å². The van der Waals surface area contributed by atoms with Gasteiger partial charge in [0.1, 0.15) is 0 Å². The summed E-state index contributed by atoms with van der Waals surface area (Å²) in [6.07, 6.45) is -1.66. The average molecular weight is 499 g/mol. The van der Waals surface area contributed by atoms with Gasteiger partial charge in [0.05, 0.1) is 18.3 Å². The Kier molecular flexibility index (Phi) is 22.2. The highest BCUT2D eigenvalue weighted by molar-refractivity contribution is 6.13. The molecule has 3 unspecified atom stereocenters. The maximum Gasteiger partial charge on any atom is 0.0806 e. The molecule has 200 valence electrons. The fourth-order valence-corrected chi connectivity index (χ4v) is 3.64. The third-order valence-corrected chi connectivity index (χ3v) is 5.23. The number of hydrogen-bond acceptors (Lipinski definition) is 11. The second-order valence-electron chi connectivity index (χ2n) is 8.46. The zero-order valence-corrected chi connectivity index (χ0v) is 21.7. The Labute approximate surface area is 206 Å². The molecule has 0 radical (unpaired) electrons. The van der Waals surface area contributed by atoms with Crippen LogP contribution in [-0.4, -0.2) is 160 Å². The van der Waals surface area contributed by atoms with E-state index >= 15 is 0 Å². The molecule has 0 amide bonds. The first-order valence-corrected chi connectivity index (χ1v) is 12.5. The predicted octanol–water partition coefficient (Wildman–Crippen LogP) is -3.27. The highest BCUT2D eigenvalue weighted by atomic mass is 35.5. The van der Waals surface area contributed by atoms with Crippen molar-refractivity contribution in [3.05, 3.63) is 0 Å². The van der Waals surface area contributed by atoms with E-state index in [1.54, 1.807) is 7.05 Å². The molecule has 3 atom stereocenters. The molecule has 11 nitrogen and oxygen atoms in total. The van der Waals surface area contributed by atoms with E-state index in [4.69, 9.17) is 17.5 Å². The summed E-state index contributed by atoms with van der Waals surface area (Å²) < 4.78 is 1.44. The van der Waals surface area contributed by atoms with Crippen LogP contribution in [0.15, 0.2) is 0 Å². The van der Waals surface area contributed by atoms with Gasteiger partial charge in [0, 0.05) is 98.7 Å². The largest absolute Gasteiger partial charge is 0.390 e. The Balaban J connectivity index is 4.63. The first-order chi connectivity index (χ1) is 15.8. The average Bonchev–Trinajstić information content (AvgIpc) is 2.74. The van der Waals surface area contributed by atoms with E-state index in [9.17, 15) is 15.3 Å². The van der Waals surface area contributed by atoms with E-state index in [1.165, 1.54) is 4.42 Å². The van der Waals surface area contributed by atoms with Crippen LogP contribution in [0.5, 0.6) is 0 Å². The number of likely N-dealkylation sites (N-methyl/N-ethyl adjacent to an activating group) is 3. The zero-order chi connectivity index (χ0) is 24.9. The lowest BCUT2D eigenvalue weighted by molar-refractivity contribution is 0.0548. The van der Waals surface area contributed by atoms with Crippen LogP contribution in [0.3, 0.4) is 0 Å². The number of halogens is 1. The number of rotatable bonds is 24. The Bertz CT molecular complexity index is 429. The number of nitrogens with zero attached hydrogens (tertiary/aromatic N) is 3. The van der Waals surface area contributed by atoms with Crippen molar-refractivity contribution in [3.8, 4) is 0 Å². The lowest BCUT2D eigenvalue weighted by atomic mass is 10.2. The standard InChI is InChI=1S/C21H51ClN8O3/c1-4-25-13-19(31)16-30(17-20(32)14-27-9-8-26-7-6-24-2)12-11-29(10-5-23)18-21(33)15-28(3)22/h19-21,24-27,31-33H,4-18,23H2,1-3H3. The molecule has 9 N–H and O–H groups in total. The molecule has 12 heteroatoms. The molecule has 0 bridgehead atoms. The molecule has 0 aliphatic heterocycles. The van der Waals surface area contributed by atoms with Gasteiger partial charge in [0.25, 0.3) is 0 Å². The van der Waals surface area contributed by atoms with E-state index in [0.29, 0.717) is 65.4 Å². The van der Waals surface area contributed by atoms with Crippen molar-refractivity contribution in [2.45, 2.75) is 25.2 Å². The van der Waals surface area contributed by atoms with Gasteiger partial charge < -0.3 is 42.3 Å². The minimum absolute atomic E-state index is 0.363. The quantitative estimate of drug-likeness (QED) is 0.0501. The highest BCUT2D eigenvalue weighted by Crippen LogP contribution is 2.01. The number of nitrogens with one attached hydrogen (secondary N) is 4. The molecule has 0 spiro atoms. The first-order valence-electron chi connectivity index (χ1n) is 12.1.